The van der Waals surface area contributed by atoms with Gasteiger partial charge in [-0.2, -0.15) is 0 Å². The summed E-state index contributed by atoms with van der Waals surface area (Å²) in [4.78, 5) is 11.5. The first-order chi connectivity index (χ1) is 10.7. The van der Waals surface area contributed by atoms with Gasteiger partial charge in [-0.3, -0.25) is 4.79 Å². The van der Waals surface area contributed by atoms with Crippen molar-refractivity contribution in [3.63, 3.8) is 0 Å². The van der Waals surface area contributed by atoms with Crippen LogP contribution in [0, 0.1) is 5.82 Å². The highest BCUT2D eigenvalue weighted by Gasteiger charge is 2.07. The highest BCUT2D eigenvalue weighted by Crippen LogP contribution is 2.25. The van der Waals surface area contributed by atoms with Crippen LogP contribution < -0.4 is 10.6 Å². The van der Waals surface area contributed by atoms with Crippen molar-refractivity contribution >= 4 is 34.1 Å². The third-order valence-electron chi connectivity index (χ3n) is 2.53. The smallest absolute Gasteiger partial charge is 0.230 e. The fraction of sp³-hybridized carbons (Fsp3) is 0.214. The maximum Gasteiger partial charge on any atom is 0.230 e. The van der Waals surface area contributed by atoms with Gasteiger partial charge in [0.25, 0.3) is 0 Å². The van der Waals surface area contributed by atoms with Crippen LogP contribution in [0.4, 0.5) is 9.52 Å². The molecule has 8 heteroatoms. The lowest BCUT2D eigenvalue weighted by Gasteiger charge is -2.01. The van der Waals surface area contributed by atoms with Crippen LogP contribution in [-0.4, -0.2) is 28.4 Å². The molecule has 0 spiro atoms. The van der Waals surface area contributed by atoms with Crippen LogP contribution in [0.2, 0.25) is 0 Å². The van der Waals surface area contributed by atoms with Crippen LogP contribution >= 0.6 is 23.1 Å². The predicted molar refractivity (Wildman–Crippen MR) is 87.6 cm³/mol. The summed E-state index contributed by atoms with van der Waals surface area (Å²) in [6, 6.07) is 6.26. The number of anilines is 1. The van der Waals surface area contributed by atoms with E-state index < -0.39 is 0 Å². The second-order valence-corrected chi connectivity index (χ2v) is 6.43. The van der Waals surface area contributed by atoms with Crippen LogP contribution in [0.1, 0.15) is 5.56 Å². The van der Waals surface area contributed by atoms with Gasteiger partial charge in [0.2, 0.25) is 11.0 Å². The largest absolute Gasteiger partial charge is 0.356 e. The van der Waals surface area contributed by atoms with E-state index in [9.17, 15) is 9.18 Å². The molecule has 22 heavy (non-hydrogen) atoms. The van der Waals surface area contributed by atoms with Crippen molar-refractivity contribution in [3.05, 3.63) is 48.3 Å². The number of nitrogens with zero attached hydrogens (tertiary/aromatic N) is 2. The summed E-state index contributed by atoms with van der Waals surface area (Å²) in [5, 5.41) is 14.5. The first-order valence-electron chi connectivity index (χ1n) is 6.49. The van der Waals surface area contributed by atoms with E-state index in [1.165, 1.54) is 35.2 Å². The normalized spacial score (nSPS) is 10.2. The van der Waals surface area contributed by atoms with Gasteiger partial charge in [-0.15, -0.1) is 16.8 Å². The van der Waals surface area contributed by atoms with E-state index >= 15 is 0 Å². The van der Waals surface area contributed by atoms with E-state index in [2.05, 4.69) is 27.4 Å². The van der Waals surface area contributed by atoms with Crippen LogP contribution in [-0.2, 0) is 11.3 Å². The molecule has 1 aromatic carbocycles. The molecule has 2 rings (SSSR count). The molecule has 0 aliphatic heterocycles. The molecule has 0 saturated heterocycles. The molecule has 2 aromatic rings. The molecule has 0 aliphatic rings. The van der Waals surface area contributed by atoms with Crippen molar-refractivity contribution in [1.29, 1.82) is 0 Å². The number of nitrogens with one attached hydrogen (secondary N) is 2. The lowest BCUT2D eigenvalue weighted by Crippen LogP contribution is -2.24. The summed E-state index contributed by atoms with van der Waals surface area (Å²) >= 11 is 2.71. The van der Waals surface area contributed by atoms with Crippen molar-refractivity contribution in [2.45, 2.75) is 10.9 Å². The number of hydrogen-bond acceptors (Lipinski definition) is 6. The summed E-state index contributed by atoms with van der Waals surface area (Å²) in [6.07, 6.45) is 1.63. The molecule has 0 saturated carbocycles. The molecule has 2 N–H and O–H groups in total. The minimum absolute atomic E-state index is 0.0686. The first-order valence-corrected chi connectivity index (χ1v) is 8.30. The zero-order valence-electron chi connectivity index (χ0n) is 11.7. The number of amides is 1. The van der Waals surface area contributed by atoms with Crippen molar-refractivity contribution in [3.8, 4) is 0 Å². The number of aromatic nitrogens is 2. The first kappa shape index (κ1) is 16.4. The van der Waals surface area contributed by atoms with Crippen molar-refractivity contribution in [2.75, 3.05) is 17.6 Å². The van der Waals surface area contributed by atoms with Crippen LogP contribution in [0.3, 0.4) is 0 Å². The molecule has 5 nitrogen and oxygen atoms in total. The third kappa shape index (κ3) is 5.45. The van der Waals surface area contributed by atoms with Gasteiger partial charge >= 0.3 is 0 Å². The maximum absolute atomic E-state index is 12.8. The number of carbonyl (C=O) groups excluding carboxylic acids is 1. The van der Waals surface area contributed by atoms with Crippen LogP contribution in [0.15, 0.2) is 41.3 Å². The second-order valence-electron chi connectivity index (χ2n) is 4.23. The van der Waals surface area contributed by atoms with Gasteiger partial charge in [0.05, 0.1) is 5.75 Å². The van der Waals surface area contributed by atoms with E-state index in [-0.39, 0.29) is 11.7 Å². The fourth-order valence-electron chi connectivity index (χ4n) is 1.48. The van der Waals surface area contributed by atoms with Gasteiger partial charge in [0.1, 0.15) is 5.82 Å². The molecule has 0 radical (unpaired) electrons. The Morgan fingerprint density at radius 3 is 2.86 bits per heavy atom. The second kappa shape index (κ2) is 8.50. The Morgan fingerprint density at radius 1 is 1.36 bits per heavy atom. The molecule has 0 unspecified atom stereocenters. The van der Waals surface area contributed by atoms with Crippen molar-refractivity contribution in [1.82, 2.24) is 15.5 Å². The molecule has 0 atom stereocenters. The van der Waals surface area contributed by atoms with E-state index in [4.69, 9.17) is 0 Å². The minimum atomic E-state index is -0.256. The number of thioether (sulfide) groups is 1. The van der Waals surface area contributed by atoms with Gasteiger partial charge in [-0.05, 0) is 17.7 Å². The summed E-state index contributed by atoms with van der Waals surface area (Å²) in [5.41, 5.74) is 0.953. The lowest BCUT2D eigenvalue weighted by atomic mass is 10.2. The molecular formula is C14H15FN4OS2. The zero-order chi connectivity index (χ0) is 15.8. The van der Waals surface area contributed by atoms with E-state index in [0.717, 1.165) is 9.90 Å². The Labute approximate surface area is 136 Å². The highest BCUT2D eigenvalue weighted by atomic mass is 32.2. The standard InChI is InChI=1S/C14H15FN4OS2/c1-2-7-16-12(20)9-21-14-19-18-13(22-14)17-8-10-3-5-11(15)6-4-10/h2-6H,1,7-9H2,(H,16,20)(H,17,18). The number of halogens is 1. The molecular weight excluding hydrogens is 323 g/mol. The Morgan fingerprint density at radius 2 is 2.14 bits per heavy atom. The van der Waals surface area contributed by atoms with Crippen molar-refractivity contribution < 1.29 is 9.18 Å². The Bertz CT molecular complexity index is 630. The van der Waals surface area contributed by atoms with Gasteiger partial charge in [0, 0.05) is 13.1 Å². The highest BCUT2D eigenvalue weighted by molar-refractivity contribution is 8.01. The quantitative estimate of drug-likeness (QED) is 0.572. The molecule has 1 aromatic heterocycles. The predicted octanol–water partition coefficient (Wildman–Crippen LogP) is 2.68. The Kier molecular flexibility index (Phi) is 6.35. The number of rotatable bonds is 8. The summed E-state index contributed by atoms with van der Waals surface area (Å²) in [5.74, 6) is -0.0329. The van der Waals surface area contributed by atoms with Gasteiger partial charge in [-0.1, -0.05) is 41.3 Å². The summed E-state index contributed by atoms with van der Waals surface area (Å²) in [6.45, 7) is 4.53. The van der Waals surface area contributed by atoms with E-state index in [0.29, 0.717) is 24.0 Å². The van der Waals surface area contributed by atoms with E-state index in [1.807, 2.05) is 0 Å². The molecule has 1 heterocycles. The maximum atomic E-state index is 12.8. The topological polar surface area (TPSA) is 66.9 Å². The molecule has 0 aliphatic carbocycles. The van der Waals surface area contributed by atoms with E-state index in [1.54, 1.807) is 18.2 Å². The van der Waals surface area contributed by atoms with Crippen molar-refractivity contribution in [2.24, 2.45) is 0 Å². The minimum Gasteiger partial charge on any atom is -0.356 e. The van der Waals surface area contributed by atoms with Gasteiger partial charge in [0.15, 0.2) is 4.34 Å². The lowest BCUT2D eigenvalue weighted by molar-refractivity contribution is -0.118. The molecule has 0 fully saturated rings. The Hall–Kier alpha value is -1.93. The van der Waals surface area contributed by atoms with Crippen LogP contribution in [0.5, 0.6) is 0 Å². The number of carbonyl (C=O) groups is 1. The zero-order valence-corrected chi connectivity index (χ0v) is 13.3. The van der Waals surface area contributed by atoms with Gasteiger partial charge < -0.3 is 10.6 Å². The molecule has 0 bridgehead atoms. The third-order valence-corrected chi connectivity index (χ3v) is 4.55. The number of benzene rings is 1. The molecule has 1 amide bonds. The van der Waals surface area contributed by atoms with Gasteiger partial charge in [-0.25, -0.2) is 4.39 Å². The average Bonchev–Trinajstić information content (AvgIpc) is 2.98. The number of hydrogen-bond donors (Lipinski definition) is 2. The SMILES string of the molecule is C=CCNC(=O)CSc1nnc(NCc2ccc(F)cc2)s1. The van der Waals surface area contributed by atoms with Crippen LogP contribution in [0.25, 0.3) is 0 Å². The molecule has 116 valence electrons. The summed E-state index contributed by atoms with van der Waals surface area (Å²) in [7, 11) is 0. The Balaban J connectivity index is 1.77. The fourth-order valence-corrected chi connectivity index (χ4v) is 3.06. The summed E-state index contributed by atoms with van der Waals surface area (Å²) < 4.78 is 13.5. The monoisotopic (exact) mass is 338 g/mol. The average molecular weight is 338 g/mol.